The predicted octanol–water partition coefficient (Wildman–Crippen LogP) is 1.62. The average Bonchev–Trinajstić information content (AvgIpc) is 2.21. The third kappa shape index (κ3) is 2.01. The lowest BCUT2D eigenvalue weighted by Gasteiger charge is -2.26. The zero-order valence-corrected chi connectivity index (χ0v) is 9.75. The number of urea groups is 1. The van der Waals surface area contributed by atoms with Gasteiger partial charge in [-0.3, -0.25) is 14.9 Å². The standard InChI is InChI=1S/C11H9ClN2O3/c1-6-3-2-4-7(12)10(6)14-9(16)5-8(15)13-11(14)17/h2-4H,5H2,1H3,(H,13,15,17). The minimum Gasteiger partial charge on any atom is -0.277 e. The van der Waals surface area contributed by atoms with Crippen LogP contribution in [0.15, 0.2) is 18.2 Å². The summed E-state index contributed by atoms with van der Waals surface area (Å²) in [6.45, 7) is 1.73. The zero-order valence-electron chi connectivity index (χ0n) is 8.99. The summed E-state index contributed by atoms with van der Waals surface area (Å²) < 4.78 is 0. The van der Waals surface area contributed by atoms with Crippen molar-refractivity contribution in [3.8, 4) is 0 Å². The summed E-state index contributed by atoms with van der Waals surface area (Å²) in [4.78, 5) is 35.3. The quantitative estimate of drug-likeness (QED) is 0.773. The summed E-state index contributed by atoms with van der Waals surface area (Å²) in [5.41, 5.74) is 1.01. The van der Waals surface area contributed by atoms with Crippen LogP contribution in [-0.2, 0) is 9.59 Å². The fourth-order valence-electron chi connectivity index (χ4n) is 1.68. The molecule has 1 heterocycles. The Morgan fingerprint density at radius 1 is 1.29 bits per heavy atom. The Kier molecular flexibility index (Phi) is 2.85. The molecule has 1 N–H and O–H groups in total. The van der Waals surface area contributed by atoms with Crippen LogP contribution in [0.4, 0.5) is 10.5 Å². The van der Waals surface area contributed by atoms with E-state index >= 15 is 0 Å². The maximum atomic E-state index is 11.7. The fraction of sp³-hybridized carbons (Fsp3) is 0.182. The van der Waals surface area contributed by atoms with Crippen LogP contribution in [0.2, 0.25) is 5.02 Å². The van der Waals surface area contributed by atoms with Gasteiger partial charge in [-0.05, 0) is 18.6 Å². The highest BCUT2D eigenvalue weighted by Gasteiger charge is 2.33. The van der Waals surface area contributed by atoms with E-state index in [0.717, 1.165) is 4.90 Å². The number of halogens is 1. The number of barbiturate groups is 1. The Balaban J connectivity index is 2.49. The third-order valence-corrected chi connectivity index (χ3v) is 2.73. The maximum absolute atomic E-state index is 11.7. The molecule has 0 spiro atoms. The molecular formula is C11H9ClN2O3. The number of nitrogens with one attached hydrogen (secondary N) is 1. The number of carbonyl (C=O) groups is 3. The van der Waals surface area contributed by atoms with Gasteiger partial charge in [0.15, 0.2) is 0 Å². The Morgan fingerprint density at radius 3 is 2.59 bits per heavy atom. The lowest BCUT2D eigenvalue weighted by molar-refractivity contribution is -0.128. The van der Waals surface area contributed by atoms with E-state index in [-0.39, 0.29) is 6.42 Å². The summed E-state index contributed by atoms with van der Waals surface area (Å²) in [7, 11) is 0. The van der Waals surface area contributed by atoms with Gasteiger partial charge in [0.05, 0.1) is 10.7 Å². The van der Waals surface area contributed by atoms with Gasteiger partial charge in [-0.2, -0.15) is 0 Å². The van der Waals surface area contributed by atoms with Crippen molar-refractivity contribution in [2.45, 2.75) is 13.3 Å². The number of benzene rings is 1. The van der Waals surface area contributed by atoms with Crippen LogP contribution in [-0.4, -0.2) is 17.8 Å². The van der Waals surface area contributed by atoms with Crippen LogP contribution in [0.3, 0.4) is 0 Å². The lowest BCUT2D eigenvalue weighted by atomic mass is 10.1. The lowest BCUT2D eigenvalue weighted by Crippen LogP contribution is -2.53. The molecule has 4 amide bonds. The Morgan fingerprint density at radius 2 is 2.00 bits per heavy atom. The fourth-order valence-corrected chi connectivity index (χ4v) is 1.99. The van der Waals surface area contributed by atoms with Gasteiger partial charge < -0.3 is 0 Å². The summed E-state index contributed by atoms with van der Waals surface area (Å²) in [6.07, 6.45) is -0.351. The summed E-state index contributed by atoms with van der Waals surface area (Å²) >= 11 is 5.97. The maximum Gasteiger partial charge on any atom is 0.335 e. The predicted molar refractivity (Wildman–Crippen MR) is 61.8 cm³/mol. The minimum atomic E-state index is -0.762. The molecule has 1 fully saturated rings. The van der Waals surface area contributed by atoms with Gasteiger partial charge in [0.1, 0.15) is 6.42 Å². The number of rotatable bonds is 1. The van der Waals surface area contributed by atoms with Gasteiger partial charge >= 0.3 is 6.03 Å². The van der Waals surface area contributed by atoms with Crippen molar-refractivity contribution in [2.24, 2.45) is 0 Å². The molecule has 2 rings (SSSR count). The molecule has 5 nitrogen and oxygen atoms in total. The summed E-state index contributed by atoms with van der Waals surface area (Å²) in [5, 5.41) is 2.38. The van der Waals surface area contributed by atoms with Gasteiger partial charge in [0.25, 0.3) is 0 Å². The van der Waals surface area contributed by atoms with Crippen molar-refractivity contribution < 1.29 is 14.4 Å². The highest BCUT2D eigenvalue weighted by Crippen LogP contribution is 2.30. The number of hydrogen-bond acceptors (Lipinski definition) is 3. The second kappa shape index (κ2) is 4.18. The number of hydrogen-bond donors (Lipinski definition) is 1. The first-order chi connectivity index (χ1) is 8.00. The average molecular weight is 253 g/mol. The molecule has 0 unspecified atom stereocenters. The summed E-state index contributed by atoms with van der Waals surface area (Å²) in [6, 6.07) is 4.28. The molecule has 1 aliphatic heterocycles. The SMILES string of the molecule is Cc1cccc(Cl)c1N1C(=O)CC(=O)NC1=O. The third-order valence-electron chi connectivity index (χ3n) is 2.42. The van der Waals surface area contributed by atoms with Crippen molar-refractivity contribution in [1.82, 2.24) is 5.32 Å². The van der Waals surface area contributed by atoms with Crippen LogP contribution in [0.25, 0.3) is 0 Å². The molecule has 88 valence electrons. The Hall–Kier alpha value is -1.88. The molecule has 1 aromatic rings. The van der Waals surface area contributed by atoms with Gasteiger partial charge in [-0.1, -0.05) is 23.7 Å². The Labute approximate surface area is 102 Å². The van der Waals surface area contributed by atoms with E-state index in [1.54, 1.807) is 25.1 Å². The van der Waals surface area contributed by atoms with E-state index in [1.807, 2.05) is 0 Å². The second-order valence-corrected chi connectivity index (χ2v) is 4.07. The van der Waals surface area contributed by atoms with E-state index in [2.05, 4.69) is 5.32 Å². The van der Waals surface area contributed by atoms with Crippen molar-refractivity contribution in [1.29, 1.82) is 0 Å². The second-order valence-electron chi connectivity index (χ2n) is 3.66. The highest BCUT2D eigenvalue weighted by atomic mass is 35.5. The smallest absolute Gasteiger partial charge is 0.277 e. The van der Waals surface area contributed by atoms with Crippen molar-refractivity contribution >= 4 is 35.1 Å². The van der Waals surface area contributed by atoms with Crippen LogP contribution in [0, 0.1) is 6.92 Å². The van der Waals surface area contributed by atoms with E-state index in [9.17, 15) is 14.4 Å². The van der Waals surface area contributed by atoms with Gasteiger partial charge in [0, 0.05) is 0 Å². The molecule has 1 aliphatic rings. The normalized spacial score (nSPS) is 16.1. The van der Waals surface area contributed by atoms with Gasteiger partial charge in [-0.15, -0.1) is 0 Å². The number of amides is 4. The number of para-hydroxylation sites is 1. The number of imide groups is 2. The first-order valence-electron chi connectivity index (χ1n) is 4.92. The van der Waals surface area contributed by atoms with Crippen molar-refractivity contribution in [2.75, 3.05) is 4.90 Å². The topological polar surface area (TPSA) is 66.5 Å². The minimum absolute atomic E-state index is 0.294. The van der Waals surface area contributed by atoms with Crippen molar-refractivity contribution in [3.05, 3.63) is 28.8 Å². The van der Waals surface area contributed by atoms with Crippen LogP contribution in [0.1, 0.15) is 12.0 Å². The van der Waals surface area contributed by atoms with E-state index in [1.165, 1.54) is 0 Å². The molecule has 0 bridgehead atoms. The first kappa shape index (κ1) is 11.6. The zero-order chi connectivity index (χ0) is 12.6. The molecule has 6 heteroatoms. The molecule has 1 aromatic carbocycles. The molecule has 1 saturated heterocycles. The molecule has 0 radical (unpaired) electrons. The number of anilines is 1. The molecule has 0 atom stereocenters. The highest BCUT2D eigenvalue weighted by molar-refractivity contribution is 6.36. The largest absolute Gasteiger partial charge is 0.335 e. The van der Waals surface area contributed by atoms with Crippen LogP contribution >= 0.6 is 11.6 Å². The van der Waals surface area contributed by atoms with Gasteiger partial charge in [-0.25, -0.2) is 9.69 Å². The van der Waals surface area contributed by atoms with Crippen LogP contribution < -0.4 is 10.2 Å². The number of nitrogens with zero attached hydrogens (tertiary/aromatic N) is 1. The van der Waals surface area contributed by atoms with E-state index in [0.29, 0.717) is 16.3 Å². The van der Waals surface area contributed by atoms with Crippen molar-refractivity contribution in [3.63, 3.8) is 0 Å². The Bertz CT molecular complexity index is 487. The molecule has 17 heavy (non-hydrogen) atoms. The number of aryl methyl sites for hydroxylation is 1. The van der Waals surface area contributed by atoms with E-state index < -0.39 is 17.8 Å². The summed E-state index contributed by atoms with van der Waals surface area (Å²) in [5.74, 6) is -1.17. The monoisotopic (exact) mass is 252 g/mol. The number of carbonyl (C=O) groups excluding carboxylic acids is 3. The molecule has 0 aliphatic carbocycles. The van der Waals surface area contributed by atoms with E-state index in [4.69, 9.17) is 11.6 Å². The molecular weight excluding hydrogens is 244 g/mol. The van der Waals surface area contributed by atoms with Crippen LogP contribution in [0.5, 0.6) is 0 Å². The molecule has 0 aromatic heterocycles. The first-order valence-corrected chi connectivity index (χ1v) is 5.30. The molecule has 0 saturated carbocycles. The van der Waals surface area contributed by atoms with Gasteiger partial charge in [0.2, 0.25) is 11.8 Å².